The zero-order valence-corrected chi connectivity index (χ0v) is 15.1. The molecule has 1 aliphatic heterocycles. The van der Waals surface area contributed by atoms with Gasteiger partial charge >= 0.3 is 5.97 Å². The van der Waals surface area contributed by atoms with Crippen LogP contribution in [0.3, 0.4) is 0 Å². The highest BCUT2D eigenvalue weighted by Gasteiger charge is 2.20. The van der Waals surface area contributed by atoms with Crippen LogP contribution in [0.5, 0.6) is 5.75 Å². The number of hydrogen-bond donors (Lipinski definition) is 3. The summed E-state index contributed by atoms with van der Waals surface area (Å²) in [7, 11) is 1.57. The summed E-state index contributed by atoms with van der Waals surface area (Å²) in [5.41, 5.74) is 0.604. The van der Waals surface area contributed by atoms with Gasteiger partial charge < -0.3 is 25.2 Å². The molecule has 8 nitrogen and oxygen atoms in total. The van der Waals surface area contributed by atoms with Gasteiger partial charge in [0, 0.05) is 18.8 Å². The Balaban J connectivity index is 1.71. The first-order valence-electron chi connectivity index (χ1n) is 8.78. The lowest BCUT2D eigenvalue weighted by Crippen LogP contribution is -2.42. The molecule has 26 heavy (non-hydrogen) atoms. The molecule has 1 aromatic carbocycles. The van der Waals surface area contributed by atoms with Crippen molar-refractivity contribution in [2.75, 3.05) is 51.8 Å². The summed E-state index contributed by atoms with van der Waals surface area (Å²) in [6, 6.07) is 5.98. The Morgan fingerprint density at radius 1 is 1.27 bits per heavy atom. The van der Waals surface area contributed by atoms with Gasteiger partial charge in [-0.05, 0) is 43.8 Å². The number of ether oxygens (including phenoxy) is 2. The molecular formula is C18H27N3O5. The van der Waals surface area contributed by atoms with Gasteiger partial charge in [-0.25, -0.2) is 0 Å². The highest BCUT2D eigenvalue weighted by atomic mass is 16.5. The number of benzene rings is 1. The summed E-state index contributed by atoms with van der Waals surface area (Å²) >= 11 is 0. The van der Waals surface area contributed by atoms with Crippen LogP contribution in [-0.2, 0) is 14.3 Å². The maximum atomic E-state index is 12.1. The van der Waals surface area contributed by atoms with Crippen molar-refractivity contribution in [2.45, 2.75) is 18.9 Å². The van der Waals surface area contributed by atoms with Crippen molar-refractivity contribution in [3.8, 4) is 5.75 Å². The average molecular weight is 365 g/mol. The zero-order chi connectivity index (χ0) is 18.8. The first-order chi connectivity index (χ1) is 12.6. The highest BCUT2D eigenvalue weighted by Crippen LogP contribution is 2.15. The molecule has 1 saturated heterocycles. The van der Waals surface area contributed by atoms with Crippen LogP contribution in [0, 0.1) is 0 Å². The van der Waals surface area contributed by atoms with Gasteiger partial charge in [-0.15, -0.1) is 0 Å². The molecule has 1 amide bonds. The van der Waals surface area contributed by atoms with E-state index >= 15 is 0 Å². The van der Waals surface area contributed by atoms with Crippen molar-refractivity contribution in [3.63, 3.8) is 0 Å². The minimum atomic E-state index is -1.03. The Morgan fingerprint density at radius 2 is 1.96 bits per heavy atom. The number of anilines is 1. The standard InChI is InChI=1S/C18H27N3O5/c1-25-15-5-3-14(4-6-15)20-17(22)13-16(18(23)24)19-7-2-8-21-9-11-26-12-10-21/h3-6,16,19H,2,7-13H2,1H3,(H,20,22)(H,23,24)/t16-/m0/s1. The number of carboxylic acid groups (broad SMARTS) is 1. The summed E-state index contributed by atoms with van der Waals surface area (Å²) < 4.78 is 10.4. The molecule has 0 saturated carbocycles. The van der Waals surface area contributed by atoms with Crippen molar-refractivity contribution in [1.82, 2.24) is 10.2 Å². The molecule has 0 bridgehead atoms. The highest BCUT2D eigenvalue weighted by molar-refractivity contribution is 5.94. The number of carboxylic acids is 1. The van der Waals surface area contributed by atoms with Gasteiger partial charge in [-0.1, -0.05) is 0 Å². The van der Waals surface area contributed by atoms with E-state index in [1.807, 2.05) is 0 Å². The fourth-order valence-corrected chi connectivity index (χ4v) is 2.72. The van der Waals surface area contributed by atoms with Gasteiger partial charge in [0.25, 0.3) is 0 Å². The lowest BCUT2D eigenvalue weighted by Gasteiger charge is -2.26. The van der Waals surface area contributed by atoms with E-state index in [0.29, 0.717) is 18.0 Å². The average Bonchev–Trinajstić information content (AvgIpc) is 2.65. The van der Waals surface area contributed by atoms with E-state index in [-0.39, 0.29) is 12.3 Å². The molecule has 1 fully saturated rings. The predicted octanol–water partition coefficient (Wildman–Crippen LogP) is 0.789. The maximum absolute atomic E-state index is 12.1. The number of rotatable bonds is 10. The van der Waals surface area contributed by atoms with E-state index in [2.05, 4.69) is 15.5 Å². The fourth-order valence-electron chi connectivity index (χ4n) is 2.72. The van der Waals surface area contributed by atoms with Crippen LogP contribution in [-0.4, -0.2) is 74.4 Å². The van der Waals surface area contributed by atoms with Gasteiger partial charge in [0.05, 0.1) is 26.7 Å². The van der Waals surface area contributed by atoms with Crippen LogP contribution in [0.4, 0.5) is 5.69 Å². The second-order valence-electron chi connectivity index (χ2n) is 6.13. The molecule has 8 heteroatoms. The van der Waals surface area contributed by atoms with Gasteiger partial charge in [0.2, 0.25) is 5.91 Å². The monoisotopic (exact) mass is 365 g/mol. The third-order valence-electron chi connectivity index (χ3n) is 4.21. The molecular weight excluding hydrogens is 338 g/mol. The Morgan fingerprint density at radius 3 is 2.58 bits per heavy atom. The number of nitrogens with zero attached hydrogens (tertiary/aromatic N) is 1. The molecule has 1 aromatic rings. The SMILES string of the molecule is COc1ccc(NC(=O)C[C@H](NCCCN2CCOCC2)C(=O)O)cc1. The van der Waals surface area contributed by atoms with Crippen molar-refractivity contribution < 1.29 is 24.2 Å². The van der Waals surface area contributed by atoms with Crippen LogP contribution < -0.4 is 15.4 Å². The summed E-state index contributed by atoms with van der Waals surface area (Å²) in [5, 5.41) is 15.0. The van der Waals surface area contributed by atoms with Crippen LogP contribution >= 0.6 is 0 Å². The Labute approximate surface area is 153 Å². The van der Waals surface area contributed by atoms with Crippen LogP contribution in [0.1, 0.15) is 12.8 Å². The van der Waals surface area contributed by atoms with E-state index in [4.69, 9.17) is 9.47 Å². The number of nitrogens with one attached hydrogen (secondary N) is 2. The number of aliphatic carboxylic acids is 1. The number of carbonyl (C=O) groups is 2. The zero-order valence-electron chi connectivity index (χ0n) is 15.1. The first-order valence-corrected chi connectivity index (χ1v) is 8.78. The van der Waals surface area contributed by atoms with Crippen molar-refractivity contribution in [3.05, 3.63) is 24.3 Å². The lowest BCUT2D eigenvalue weighted by atomic mass is 10.2. The molecule has 1 heterocycles. The second kappa shape index (κ2) is 10.7. The number of methoxy groups -OCH3 is 1. The molecule has 2 rings (SSSR count). The Bertz CT molecular complexity index is 573. The summed E-state index contributed by atoms with van der Waals surface area (Å²) in [4.78, 5) is 25.8. The molecule has 0 spiro atoms. The van der Waals surface area contributed by atoms with Crippen LogP contribution in [0.15, 0.2) is 24.3 Å². The first kappa shape index (κ1) is 20.2. The molecule has 1 aliphatic rings. The van der Waals surface area contributed by atoms with Gasteiger partial charge in [0.15, 0.2) is 0 Å². The molecule has 0 aliphatic carbocycles. The Hall–Kier alpha value is -2.16. The van der Waals surface area contributed by atoms with Crippen LogP contribution in [0.25, 0.3) is 0 Å². The van der Waals surface area contributed by atoms with Crippen molar-refractivity contribution in [1.29, 1.82) is 0 Å². The molecule has 3 N–H and O–H groups in total. The number of carbonyl (C=O) groups excluding carboxylic acids is 1. The summed E-state index contributed by atoms with van der Waals surface area (Å²) in [5.74, 6) is -0.683. The molecule has 144 valence electrons. The smallest absolute Gasteiger partial charge is 0.321 e. The quantitative estimate of drug-likeness (QED) is 0.527. The molecule has 0 radical (unpaired) electrons. The van der Waals surface area contributed by atoms with E-state index < -0.39 is 12.0 Å². The fraction of sp³-hybridized carbons (Fsp3) is 0.556. The third-order valence-corrected chi connectivity index (χ3v) is 4.21. The summed E-state index contributed by atoms with van der Waals surface area (Å²) in [6.07, 6.45) is 0.697. The second-order valence-corrected chi connectivity index (χ2v) is 6.13. The van der Waals surface area contributed by atoms with Gasteiger partial charge in [0.1, 0.15) is 11.8 Å². The van der Waals surface area contributed by atoms with E-state index in [1.54, 1.807) is 31.4 Å². The van der Waals surface area contributed by atoms with Gasteiger partial charge in [-0.3, -0.25) is 14.5 Å². The normalized spacial score (nSPS) is 16.0. The minimum absolute atomic E-state index is 0.126. The largest absolute Gasteiger partial charge is 0.497 e. The summed E-state index contributed by atoms with van der Waals surface area (Å²) in [6.45, 7) is 4.75. The number of morpholine rings is 1. The minimum Gasteiger partial charge on any atom is -0.497 e. The topological polar surface area (TPSA) is 100 Å². The number of amides is 1. The maximum Gasteiger partial charge on any atom is 0.321 e. The molecule has 0 unspecified atom stereocenters. The Kier molecular flexibility index (Phi) is 8.33. The molecule has 0 aromatic heterocycles. The van der Waals surface area contributed by atoms with Crippen molar-refractivity contribution >= 4 is 17.6 Å². The lowest BCUT2D eigenvalue weighted by molar-refractivity contribution is -0.141. The van der Waals surface area contributed by atoms with E-state index in [1.165, 1.54) is 0 Å². The van der Waals surface area contributed by atoms with E-state index in [0.717, 1.165) is 39.3 Å². The number of hydrogen-bond acceptors (Lipinski definition) is 6. The van der Waals surface area contributed by atoms with Crippen molar-refractivity contribution in [2.24, 2.45) is 0 Å². The van der Waals surface area contributed by atoms with E-state index in [9.17, 15) is 14.7 Å². The van der Waals surface area contributed by atoms with Crippen LogP contribution in [0.2, 0.25) is 0 Å². The third kappa shape index (κ3) is 6.99. The molecule has 1 atom stereocenters. The van der Waals surface area contributed by atoms with Gasteiger partial charge in [-0.2, -0.15) is 0 Å². The predicted molar refractivity (Wildman–Crippen MR) is 97.5 cm³/mol.